The molecule has 0 aliphatic rings. The summed E-state index contributed by atoms with van der Waals surface area (Å²) >= 11 is 1.41. The van der Waals surface area contributed by atoms with Gasteiger partial charge in [-0.25, -0.2) is 4.98 Å². The molecular formula is C16H21N3OS. The molecule has 0 spiro atoms. The molecule has 1 amide bonds. The molecule has 2 rings (SSSR count). The fourth-order valence-corrected chi connectivity index (χ4v) is 2.56. The van der Waals surface area contributed by atoms with E-state index in [1.54, 1.807) is 5.38 Å². The van der Waals surface area contributed by atoms with Gasteiger partial charge in [0.25, 0.3) is 5.91 Å². The molecule has 4 nitrogen and oxygen atoms in total. The maximum Gasteiger partial charge on any atom is 0.271 e. The molecule has 3 N–H and O–H groups in total. The van der Waals surface area contributed by atoms with E-state index in [9.17, 15) is 4.79 Å². The quantitative estimate of drug-likeness (QED) is 0.912. The Balaban J connectivity index is 1.95. The summed E-state index contributed by atoms with van der Waals surface area (Å²) in [6.45, 7) is 7.41. The van der Waals surface area contributed by atoms with Crippen LogP contribution < -0.4 is 11.1 Å². The van der Waals surface area contributed by atoms with Crippen molar-refractivity contribution >= 4 is 17.2 Å². The highest BCUT2D eigenvalue weighted by molar-refractivity contribution is 7.09. The number of carbonyl (C=O) groups is 1. The van der Waals surface area contributed by atoms with Crippen LogP contribution in [0.3, 0.4) is 0 Å². The number of aromatic nitrogens is 1. The predicted molar refractivity (Wildman–Crippen MR) is 86.3 cm³/mol. The van der Waals surface area contributed by atoms with Crippen molar-refractivity contribution in [1.29, 1.82) is 0 Å². The van der Waals surface area contributed by atoms with E-state index >= 15 is 0 Å². The van der Waals surface area contributed by atoms with Crippen LogP contribution in [-0.2, 0) is 18.5 Å². The molecule has 0 fully saturated rings. The molecule has 0 aliphatic heterocycles. The predicted octanol–water partition coefficient (Wildman–Crippen LogP) is 2.83. The molecule has 0 atom stereocenters. The average Bonchev–Trinajstić information content (AvgIpc) is 2.93. The fourth-order valence-electron chi connectivity index (χ4n) is 1.90. The molecule has 0 unspecified atom stereocenters. The van der Waals surface area contributed by atoms with Crippen LogP contribution in [0, 0.1) is 0 Å². The molecule has 112 valence electrons. The van der Waals surface area contributed by atoms with Crippen LogP contribution in [0.1, 0.15) is 47.4 Å². The average molecular weight is 303 g/mol. The van der Waals surface area contributed by atoms with Crippen molar-refractivity contribution in [3.05, 3.63) is 51.5 Å². The van der Waals surface area contributed by atoms with Crippen molar-refractivity contribution in [2.45, 2.75) is 39.3 Å². The number of hydrogen-bond acceptors (Lipinski definition) is 4. The number of nitrogens with two attached hydrogens (primary N) is 1. The molecule has 21 heavy (non-hydrogen) atoms. The lowest BCUT2D eigenvalue weighted by Gasteiger charge is -2.19. The molecule has 0 aliphatic carbocycles. The molecule has 2 aromatic rings. The van der Waals surface area contributed by atoms with E-state index in [-0.39, 0.29) is 11.3 Å². The first-order chi connectivity index (χ1) is 9.90. The van der Waals surface area contributed by atoms with Gasteiger partial charge < -0.3 is 11.1 Å². The van der Waals surface area contributed by atoms with Gasteiger partial charge in [0.05, 0.1) is 0 Å². The molecule has 1 aromatic heterocycles. The van der Waals surface area contributed by atoms with Crippen LogP contribution in [0.2, 0.25) is 0 Å². The Morgan fingerprint density at radius 1 is 1.29 bits per heavy atom. The number of nitrogens with zero attached hydrogens (tertiary/aromatic N) is 1. The Hall–Kier alpha value is -1.72. The summed E-state index contributed by atoms with van der Waals surface area (Å²) in [6, 6.07) is 8.31. The molecule has 0 radical (unpaired) electrons. The van der Waals surface area contributed by atoms with Gasteiger partial charge in [0.15, 0.2) is 0 Å². The number of thiazole rings is 1. The molecule has 1 aromatic carbocycles. The van der Waals surface area contributed by atoms with Crippen molar-refractivity contribution in [3.63, 3.8) is 0 Å². The van der Waals surface area contributed by atoms with Gasteiger partial charge in [-0.1, -0.05) is 45.0 Å². The third kappa shape index (κ3) is 4.12. The SMILES string of the molecule is CC(C)(C)c1ccc(CNC(=O)c2csc(CN)n2)cc1. The first-order valence-corrected chi connectivity index (χ1v) is 7.80. The lowest BCUT2D eigenvalue weighted by Crippen LogP contribution is -2.23. The summed E-state index contributed by atoms with van der Waals surface area (Å²) in [4.78, 5) is 16.1. The summed E-state index contributed by atoms with van der Waals surface area (Å²) in [5.41, 5.74) is 8.43. The molecule has 0 saturated carbocycles. The Morgan fingerprint density at radius 3 is 2.48 bits per heavy atom. The molecular weight excluding hydrogens is 282 g/mol. The van der Waals surface area contributed by atoms with Crippen LogP contribution in [0.25, 0.3) is 0 Å². The van der Waals surface area contributed by atoms with Gasteiger partial charge in [0.2, 0.25) is 0 Å². The van der Waals surface area contributed by atoms with Crippen molar-refractivity contribution in [1.82, 2.24) is 10.3 Å². The largest absolute Gasteiger partial charge is 0.347 e. The third-order valence-corrected chi connectivity index (χ3v) is 4.10. The van der Waals surface area contributed by atoms with E-state index in [1.807, 2.05) is 12.1 Å². The number of carbonyl (C=O) groups excluding carboxylic acids is 1. The summed E-state index contributed by atoms with van der Waals surface area (Å²) in [6.07, 6.45) is 0. The molecule has 0 saturated heterocycles. The minimum Gasteiger partial charge on any atom is -0.347 e. The lowest BCUT2D eigenvalue weighted by atomic mass is 9.87. The Morgan fingerprint density at radius 2 is 1.95 bits per heavy atom. The van der Waals surface area contributed by atoms with E-state index in [4.69, 9.17) is 5.73 Å². The second-order valence-electron chi connectivity index (χ2n) is 5.96. The summed E-state index contributed by atoms with van der Waals surface area (Å²) in [7, 11) is 0. The van der Waals surface area contributed by atoms with Crippen LogP contribution in [-0.4, -0.2) is 10.9 Å². The van der Waals surface area contributed by atoms with Crippen molar-refractivity contribution in [3.8, 4) is 0 Å². The second kappa shape index (κ2) is 6.37. The number of amides is 1. The first kappa shape index (κ1) is 15.7. The molecule has 5 heteroatoms. The first-order valence-electron chi connectivity index (χ1n) is 6.92. The second-order valence-corrected chi connectivity index (χ2v) is 6.90. The zero-order chi connectivity index (χ0) is 15.5. The summed E-state index contributed by atoms with van der Waals surface area (Å²) in [5, 5.41) is 5.38. The lowest BCUT2D eigenvalue weighted by molar-refractivity contribution is 0.0946. The van der Waals surface area contributed by atoms with Gasteiger partial charge in [-0.2, -0.15) is 0 Å². The fraction of sp³-hybridized carbons (Fsp3) is 0.375. The monoisotopic (exact) mass is 303 g/mol. The minimum atomic E-state index is -0.161. The number of rotatable bonds is 4. The third-order valence-electron chi connectivity index (χ3n) is 3.23. The van der Waals surface area contributed by atoms with Crippen LogP contribution in [0.15, 0.2) is 29.6 Å². The van der Waals surface area contributed by atoms with E-state index in [2.05, 4.69) is 43.2 Å². The zero-order valence-corrected chi connectivity index (χ0v) is 13.5. The van der Waals surface area contributed by atoms with Crippen molar-refractivity contribution < 1.29 is 4.79 Å². The minimum absolute atomic E-state index is 0.140. The topological polar surface area (TPSA) is 68.0 Å². The summed E-state index contributed by atoms with van der Waals surface area (Å²) < 4.78 is 0. The van der Waals surface area contributed by atoms with Gasteiger partial charge in [-0.3, -0.25) is 4.79 Å². The standard InChI is InChI=1S/C16H21N3OS/c1-16(2,3)12-6-4-11(5-7-12)9-18-15(20)13-10-21-14(8-17)19-13/h4-7,10H,8-9,17H2,1-3H3,(H,18,20). The van der Waals surface area contributed by atoms with Gasteiger partial charge in [0.1, 0.15) is 10.7 Å². The smallest absolute Gasteiger partial charge is 0.271 e. The van der Waals surface area contributed by atoms with Crippen molar-refractivity contribution in [2.24, 2.45) is 5.73 Å². The number of nitrogens with one attached hydrogen (secondary N) is 1. The maximum atomic E-state index is 12.0. The number of benzene rings is 1. The van der Waals surface area contributed by atoms with E-state index in [1.165, 1.54) is 16.9 Å². The Labute approximate surface area is 129 Å². The molecule has 1 heterocycles. The zero-order valence-electron chi connectivity index (χ0n) is 12.6. The number of hydrogen-bond donors (Lipinski definition) is 2. The van der Waals surface area contributed by atoms with E-state index < -0.39 is 0 Å². The molecule has 0 bridgehead atoms. The highest BCUT2D eigenvalue weighted by Crippen LogP contribution is 2.22. The highest BCUT2D eigenvalue weighted by atomic mass is 32.1. The normalized spacial score (nSPS) is 11.4. The highest BCUT2D eigenvalue weighted by Gasteiger charge is 2.13. The Kier molecular flexibility index (Phi) is 4.75. The van der Waals surface area contributed by atoms with E-state index in [0.29, 0.717) is 18.8 Å². The van der Waals surface area contributed by atoms with Crippen LogP contribution >= 0.6 is 11.3 Å². The van der Waals surface area contributed by atoms with Crippen molar-refractivity contribution in [2.75, 3.05) is 0 Å². The van der Waals surface area contributed by atoms with Gasteiger partial charge in [0, 0.05) is 18.5 Å². The van der Waals surface area contributed by atoms with Crippen LogP contribution in [0.5, 0.6) is 0 Å². The van der Waals surface area contributed by atoms with Gasteiger partial charge >= 0.3 is 0 Å². The maximum absolute atomic E-state index is 12.0. The van der Waals surface area contributed by atoms with Crippen LogP contribution in [0.4, 0.5) is 0 Å². The van der Waals surface area contributed by atoms with E-state index in [0.717, 1.165) is 10.6 Å². The van der Waals surface area contributed by atoms with Gasteiger partial charge in [-0.15, -0.1) is 11.3 Å². The summed E-state index contributed by atoms with van der Waals surface area (Å²) in [5.74, 6) is -0.161. The van der Waals surface area contributed by atoms with Gasteiger partial charge in [-0.05, 0) is 16.5 Å². The Bertz CT molecular complexity index is 611.